The zero-order valence-electron chi connectivity index (χ0n) is 12.1. The molecule has 0 saturated heterocycles. The third-order valence-electron chi connectivity index (χ3n) is 1.72. The largest absolute Gasteiger partial charge is 0.481 e. The van der Waals surface area contributed by atoms with Crippen molar-refractivity contribution >= 4 is 11.9 Å². The molecule has 21 heavy (non-hydrogen) atoms. The van der Waals surface area contributed by atoms with E-state index in [0.29, 0.717) is 12.8 Å². The molecule has 0 saturated carbocycles. The number of rotatable bonds is 8. The van der Waals surface area contributed by atoms with Crippen molar-refractivity contribution in [3.63, 3.8) is 0 Å². The summed E-state index contributed by atoms with van der Waals surface area (Å²) >= 11 is 0. The van der Waals surface area contributed by atoms with Crippen LogP contribution in [0.1, 0.15) is 32.6 Å². The molecule has 0 bridgehead atoms. The molecular formula is C12H26O9. The van der Waals surface area contributed by atoms with E-state index in [0.717, 1.165) is 0 Å². The van der Waals surface area contributed by atoms with Gasteiger partial charge in [0, 0.05) is 12.8 Å². The SMILES string of the molecule is CC(O)CO.O=C(O)CCCCC(=O)O.OCC(O)CO. The van der Waals surface area contributed by atoms with Crippen LogP contribution in [-0.2, 0) is 9.59 Å². The van der Waals surface area contributed by atoms with Crippen molar-refractivity contribution in [3.05, 3.63) is 0 Å². The van der Waals surface area contributed by atoms with E-state index in [1.165, 1.54) is 6.92 Å². The molecular weight excluding hydrogens is 288 g/mol. The molecule has 9 nitrogen and oxygen atoms in total. The molecule has 0 rings (SSSR count). The van der Waals surface area contributed by atoms with Crippen LogP contribution in [0.2, 0.25) is 0 Å². The van der Waals surface area contributed by atoms with Gasteiger partial charge in [0.15, 0.2) is 0 Å². The minimum atomic E-state index is -0.954. The van der Waals surface area contributed by atoms with Crippen LogP contribution >= 0.6 is 0 Å². The molecule has 0 aliphatic heterocycles. The molecule has 0 fully saturated rings. The molecule has 128 valence electrons. The number of hydrogen-bond donors (Lipinski definition) is 7. The minimum absolute atomic E-state index is 0.0628. The van der Waals surface area contributed by atoms with Gasteiger partial charge in [-0.15, -0.1) is 0 Å². The summed E-state index contributed by atoms with van der Waals surface area (Å²) in [6.07, 6.45) is -0.496. The molecule has 0 spiro atoms. The zero-order valence-corrected chi connectivity index (χ0v) is 12.1. The highest BCUT2D eigenvalue weighted by molar-refractivity contribution is 5.67. The smallest absolute Gasteiger partial charge is 0.303 e. The Morgan fingerprint density at radius 3 is 1.19 bits per heavy atom. The van der Waals surface area contributed by atoms with Crippen LogP contribution in [0.25, 0.3) is 0 Å². The molecule has 9 heteroatoms. The number of aliphatic carboxylic acids is 2. The maximum absolute atomic E-state index is 9.90. The van der Waals surface area contributed by atoms with E-state index in [-0.39, 0.29) is 32.7 Å². The lowest BCUT2D eigenvalue weighted by atomic mass is 10.2. The fourth-order valence-electron chi connectivity index (χ4n) is 0.610. The Labute approximate surface area is 123 Å². The molecule has 1 unspecified atom stereocenters. The molecule has 0 heterocycles. The second-order valence-electron chi connectivity index (χ2n) is 4.05. The van der Waals surface area contributed by atoms with Gasteiger partial charge < -0.3 is 35.7 Å². The van der Waals surface area contributed by atoms with Crippen LogP contribution in [0, 0.1) is 0 Å². The van der Waals surface area contributed by atoms with E-state index in [4.69, 9.17) is 35.7 Å². The summed E-state index contributed by atoms with van der Waals surface area (Å²) in [5, 5.41) is 56.3. The van der Waals surface area contributed by atoms with Crippen LogP contribution in [-0.4, -0.2) is 79.7 Å². The van der Waals surface area contributed by atoms with Gasteiger partial charge >= 0.3 is 11.9 Å². The number of aliphatic hydroxyl groups excluding tert-OH is 5. The summed E-state index contributed by atoms with van der Waals surface area (Å²) in [4.78, 5) is 19.8. The highest BCUT2D eigenvalue weighted by atomic mass is 16.4. The maximum atomic E-state index is 9.90. The Kier molecular flexibility index (Phi) is 22.1. The van der Waals surface area contributed by atoms with Gasteiger partial charge in [-0.3, -0.25) is 9.59 Å². The first-order chi connectivity index (χ1) is 9.70. The monoisotopic (exact) mass is 314 g/mol. The average molecular weight is 314 g/mol. The highest BCUT2D eigenvalue weighted by Gasteiger charge is 1.99. The third-order valence-corrected chi connectivity index (χ3v) is 1.72. The normalized spacial score (nSPS) is 10.8. The van der Waals surface area contributed by atoms with Gasteiger partial charge in [-0.1, -0.05) is 0 Å². The average Bonchev–Trinajstić information content (AvgIpc) is 2.43. The summed E-state index contributed by atoms with van der Waals surface area (Å²) < 4.78 is 0. The maximum Gasteiger partial charge on any atom is 0.303 e. The van der Waals surface area contributed by atoms with Gasteiger partial charge in [0.05, 0.1) is 25.9 Å². The van der Waals surface area contributed by atoms with E-state index in [1.54, 1.807) is 0 Å². The Balaban J connectivity index is -0.000000252. The summed E-state index contributed by atoms with van der Waals surface area (Å²) in [7, 11) is 0. The predicted molar refractivity (Wildman–Crippen MR) is 72.7 cm³/mol. The third kappa shape index (κ3) is 38.1. The number of aliphatic hydroxyl groups is 5. The molecule has 0 aromatic heterocycles. The van der Waals surface area contributed by atoms with Crippen LogP contribution in [0.3, 0.4) is 0 Å². The number of carboxylic acids is 2. The van der Waals surface area contributed by atoms with E-state index in [1.807, 2.05) is 0 Å². The second kappa shape index (κ2) is 18.7. The van der Waals surface area contributed by atoms with Gasteiger partial charge in [0.1, 0.15) is 6.10 Å². The van der Waals surface area contributed by atoms with Crippen molar-refractivity contribution in [2.24, 2.45) is 0 Å². The zero-order chi connectivity index (χ0) is 17.3. The predicted octanol–water partition coefficient (Wildman–Crippen LogP) is -1.59. The van der Waals surface area contributed by atoms with Gasteiger partial charge in [0.2, 0.25) is 0 Å². The molecule has 0 radical (unpaired) electrons. The van der Waals surface area contributed by atoms with Gasteiger partial charge in [0.25, 0.3) is 0 Å². The van der Waals surface area contributed by atoms with Crippen molar-refractivity contribution < 1.29 is 45.3 Å². The Morgan fingerprint density at radius 1 is 0.810 bits per heavy atom. The summed E-state index contributed by atoms with van der Waals surface area (Å²) in [6, 6.07) is 0. The van der Waals surface area contributed by atoms with E-state index < -0.39 is 24.1 Å². The van der Waals surface area contributed by atoms with Crippen molar-refractivity contribution in [2.75, 3.05) is 19.8 Å². The van der Waals surface area contributed by atoms with E-state index in [9.17, 15) is 9.59 Å². The quantitative estimate of drug-likeness (QED) is 0.260. The fraction of sp³-hybridized carbons (Fsp3) is 0.833. The molecule has 0 aromatic carbocycles. The van der Waals surface area contributed by atoms with Crippen molar-refractivity contribution in [2.45, 2.75) is 44.8 Å². The van der Waals surface area contributed by atoms with Crippen LogP contribution < -0.4 is 0 Å². The molecule has 1 atom stereocenters. The fourth-order valence-corrected chi connectivity index (χ4v) is 0.610. The first-order valence-corrected chi connectivity index (χ1v) is 6.33. The minimum Gasteiger partial charge on any atom is -0.481 e. The topological polar surface area (TPSA) is 176 Å². The Morgan fingerprint density at radius 2 is 1.10 bits per heavy atom. The number of carbonyl (C=O) groups is 2. The number of hydrogen-bond acceptors (Lipinski definition) is 7. The van der Waals surface area contributed by atoms with E-state index in [2.05, 4.69) is 0 Å². The van der Waals surface area contributed by atoms with Crippen LogP contribution in [0.4, 0.5) is 0 Å². The Bertz CT molecular complexity index is 223. The lowest BCUT2D eigenvalue weighted by Gasteiger charge is -1.96. The molecule has 0 amide bonds. The number of carboxylic acid groups (broad SMARTS) is 2. The lowest BCUT2D eigenvalue weighted by Crippen LogP contribution is -2.15. The van der Waals surface area contributed by atoms with Gasteiger partial charge in [-0.05, 0) is 19.8 Å². The first-order valence-electron chi connectivity index (χ1n) is 6.33. The highest BCUT2D eigenvalue weighted by Crippen LogP contribution is 1.98. The van der Waals surface area contributed by atoms with Crippen molar-refractivity contribution in [3.8, 4) is 0 Å². The number of unbranched alkanes of at least 4 members (excludes halogenated alkanes) is 1. The first kappa shape index (κ1) is 24.7. The molecule has 0 aliphatic rings. The van der Waals surface area contributed by atoms with Crippen molar-refractivity contribution in [1.82, 2.24) is 0 Å². The summed E-state index contributed by atoms with van der Waals surface area (Å²) in [5.74, 6) is -1.74. The van der Waals surface area contributed by atoms with Gasteiger partial charge in [-0.2, -0.15) is 0 Å². The van der Waals surface area contributed by atoms with Gasteiger partial charge in [-0.25, -0.2) is 0 Å². The van der Waals surface area contributed by atoms with Crippen LogP contribution in [0.15, 0.2) is 0 Å². The van der Waals surface area contributed by atoms with Crippen molar-refractivity contribution in [1.29, 1.82) is 0 Å². The Hall–Kier alpha value is -1.26. The van der Waals surface area contributed by atoms with Crippen LogP contribution in [0.5, 0.6) is 0 Å². The molecule has 0 aromatic rings. The second-order valence-corrected chi connectivity index (χ2v) is 4.05. The summed E-state index contributed by atoms with van der Waals surface area (Å²) in [6.45, 7) is 0.660. The molecule has 7 N–H and O–H groups in total. The standard InChI is InChI=1S/C6H10O4.C3H8O3.C3H8O2/c7-5(8)3-1-2-4-6(9)10;4-1-3(6)2-5;1-3(5)2-4/h1-4H2,(H,7,8)(H,9,10);3-6H,1-2H2;3-5H,2H2,1H3. The summed E-state index contributed by atoms with van der Waals surface area (Å²) in [5.41, 5.74) is 0. The lowest BCUT2D eigenvalue weighted by molar-refractivity contribution is -0.139. The van der Waals surface area contributed by atoms with E-state index >= 15 is 0 Å². The molecule has 0 aliphatic carbocycles.